The Morgan fingerprint density at radius 2 is 1.72 bits per heavy atom. The van der Waals surface area contributed by atoms with Gasteiger partial charge < -0.3 is 0 Å². The third-order valence-corrected chi connectivity index (χ3v) is 6.80. The van der Waals surface area contributed by atoms with Crippen LogP contribution in [0.3, 0.4) is 0 Å². The average molecular weight is 413 g/mol. The Morgan fingerprint density at radius 3 is 2.34 bits per heavy atom. The minimum Gasteiger partial charge on any atom is -0.274 e. The summed E-state index contributed by atoms with van der Waals surface area (Å²) in [5.41, 5.74) is 3.60. The lowest BCUT2D eigenvalue weighted by Crippen LogP contribution is -2.22. The number of hydrogen-bond acceptors (Lipinski definition) is 4. The van der Waals surface area contributed by atoms with Crippen LogP contribution in [0.25, 0.3) is 17.0 Å². The molecule has 0 atom stereocenters. The van der Waals surface area contributed by atoms with Crippen molar-refractivity contribution in [3.05, 3.63) is 70.9 Å². The zero-order chi connectivity index (χ0) is 21.3. The second kappa shape index (κ2) is 7.85. The SMILES string of the molecule is CON(C)C(=O)/C=C/c1cn(S(=O)(=O)c2c(C)cc(C)cc2C)c2ccccc12. The molecule has 0 aliphatic rings. The summed E-state index contributed by atoms with van der Waals surface area (Å²) in [6.45, 7) is 5.55. The van der Waals surface area contributed by atoms with Crippen LogP contribution in [0.1, 0.15) is 22.3 Å². The first-order chi connectivity index (χ1) is 13.7. The van der Waals surface area contributed by atoms with Crippen molar-refractivity contribution in [2.75, 3.05) is 14.2 Å². The molecule has 152 valence electrons. The van der Waals surface area contributed by atoms with E-state index in [0.29, 0.717) is 27.1 Å². The van der Waals surface area contributed by atoms with Gasteiger partial charge in [-0.2, -0.15) is 0 Å². The van der Waals surface area contributed by atoms with Crippen molar-refractivity contribution in [1.82, 2.24) is 9.04 Å². The highest BCUT2D eigenvalue weighted by Gasteiger charge is 2.24. The molecule has 0 saturated heterocycles. The van der Waals surface area contributed by atoms with Gasteiger partial charge in [0.1, 0.15) is 0 Å². The molecule has 7 heteroatoms. The van der Waals surface area contributed by atoms with Crippen molar-refractivity contribution >= 4 is 32.9 Å². The normalized spacial score (nSPS) is 12.0. The summed E-state index contributed by atoms with van der Waals surface area (Å²) in [6, 6.07) is 11.0. The Hall–Kier alpha value is -2.90. The fourth-order valence-electron chi connectivity index (χ4n) is 3.54. The number of amides is 1. The molecule has 29 heavy (non-hydrogen) atoms. The first-order valence-corrected chi connectivity index (χ1v) is 10.5. The molecule has 6 nitrogen and oxygen atoms in total. The number of para-hydroxylation sites is 1. The molecular formula is C22H24N2O4S. The fraction of sp³-hybridized carbons (Fsp3) is 0.227. The van der Waals surface area contributed by atoms with Crippen molar-refractivity contribution in [3.63, 3.8) is 0 Å². The maximum atomic E-state index is 13.6. The van der Waals surface area contributed by atoms with E-state index >= 15 is 0 Å². The van der Waals surface area contributed by atoms with Crippen LogP contribution in [0.5, 0.6) is 0 Å². The number of carbonyl (C=O) groups is 1. The summed E-state index contributed by atoms with van der Waals surface area (Å²) in [4.78, 5) is 17.2. The van der Waals surface area contributed by atoms with Gasteiger partial charge in [-0.05, 0) is 44.0 Å². The summed E-state index contributed by atoms with van der Waals surface area (Å²) < 4.78 is 28.4. The minimum atomic E-state index is -3.82. The monoisotopic (exact) mass is 412 g/mol. The Balaban J connectivity index is 2.19. The van der Waals surface area contributed by atoms with Crippen molar-refractivity contribution in [1.29, 1.82) is 0 Å². The lowest BCUT2D eigenvalue weighted by molar-refractivity contribution is -0.162. The molecule has 0 fully saturated rings. The van der Waals surface area contributed by atoms with E-state index in [-0.39, 0.29) is 5.91 Å². The molecule has 0 unspecified atom stereocenters. The number of hydroxylamine groups is 2. The van der Waals surface area contributed by atoms with E-state index in [0.717, 1.165) is 16.0 Å². The molecule has 0 N–H and O–H groups in total. The Bertz CT molecular complexity index is 1200. The van der Waals surface area contributed by atoms with Crippen LogP contribution in [0, 0.1) is 20.8 Å². The van der Waals surface area contributed by atoms with E-state index in [4.69, 9.17) is 4.84 Å². The van der Waals surface area contributed by atoms with Crippen LogP contribution in [0.15, 0.2) is 53.6 Å². The smallest absolute Gasteiger partial charge is 0.269 e. The molecular weight excluding hydrogens is 388 g/mol. The van der Waals surface area contributed by atoms with Gasteiger partial charge in [0.2, 0.25) is 0 Å². The molecule has 1 aromatic heterocycles. The maximum absolute atomic E-state index is 13.6. The van der Waals surface area contributed by atoms with Crippen molar-refractivity contribution in [3.8, 4) is 0 Å². The van der Waals surface area contributed by atoms with Gasteiger partial charge >= 0.3 is 0 Å². The molecule has 0 bridgehead atoms. The van der Waals surface area contributed by atoms with Gasteiger partial charge in [-0.25, -0.2) is 17.5 Å². The highest BCUT2D eigenvalue weighted by molar-refractivity contribution is 7.90. The van der Waals surface area contributed by atoms with Crippen LogP contribution >= 0.6 is 0 Å². The summed E-state index contributed by atoms with van der Waals surface area (Å²) in [6.07, 6.45) is 4.50. The largest absolute Gasteiger partial charge is 0.274 e. The van der Waals surface area contributed by atoms with E-state index in [1.165, 1.54) is 24.2 Å². The standard InChI is InChI=1S/C22H24N2O4S/c1-15-12-16(2)22(17(3)13-15)29(26,27)24-14-18(10-11-21(25)23(4)28-5)19-8-6-7-9-20(19)24/h6-14H,1-5H3/b11-10+. The van der Waals surface area contributed by atoms with E-state index in [2.05, 4.69) is 0 Å². The number of carbonyl (C=O) groups excluding carboxylic acids is 1. The Kier molecular flexibility index (Phi) is 5.64. The lowest BCUT2D eigenvalue weighted by atomic mass is 10.1. The van der Waals surface area contributed by atoms with Crippen LogP contribution in [0.2, 0.25) is 0 Å². The third-order valence-electron chi connectivity index (χ3n) is 4.82. The Morgan fingerprint density at radius 1 is 1.10 bits per heavy atom. The van der Waals surface area contributed by atoms with Crippen LogP contribution in [0.4, 0.5) is 0 Å². The molecule has 0 saturated carbocycles. The number of rotatable bonds is 5. The predicted octanol–water partition coefficient (Wildman–Crippen LogP) is 3.84. The third kappa shape index (κ3) is 3.83. The number of hydrogen-bond donors (Lipinski definition) is 0. The zero-order valence-corrected chi connectivity index (χ0v) is 17.9. The van der Waals surface area contributed by atoms with Gasteiger partial charge in [-0.15, -0.1) is 0 Å². The average Bonchev–Trinajstić information content (AvgIpc) is 3.04. The molecule has 1 heterocycles. The predicted molar refractivity (Wildman–Crippen MR) is 114 cm³/mol. The number of likely N-dealkylation sites (N-methyl/N-ethyl adjacent to an activating group) is 1. The van der Waals surface area contributed by atoms with Crippen molar-refractivity contribution in [2.24, 2.45) is 0 Å². The minimum absolute atomic E-state index is 0.301. The zero-order valence-electron chi connectivity index (χ0n) is 17.1. The number of benzene rings is 2. The van der Waals surface area contributed by atoms with Crippen LogP contribution < -0.4 is 0 Å². The molecule has 3 rings (SSSR count). The van der Waals surface area contributed by atoms with Gasteiger partial charge in [0.15, 0.2) is 0 Å². The number of aromatic nitrogens is 1. The van der Waals surface area contributed by atoms with Gasteiger partial charge in [0.05, 0.1) is 17.5 Å². The lowest BCUT2D eigenvalue weighted by Gasteiger charge is -2.14. The number of aryl methyl sites for hydroxylation is 3. The number of nitrogens with zero attached hydrogens (tertiary/aromatic N) is 2. The molecule has 2 aromatic carbocycles. The first kappa shape index (κ1) is 20.8. The molecule has 1 amide bonds. The van der Waals surface area contributed by atoms with E-state index in [1.54, 1.807) is 38.3 Å². The van der Waals surface area contributed by atoms with Gasteiger partial charge in [0.25, 0.3) is 15.9 Å². The maximum Gasteiger partial charge on any atom is 0.269 e. The highest BCUT2D eigenvalue weighted by Crippen LogP contribution is 2.30. The fourth-order valence-corrected chi connectivity index (χ4v) is 5.33. The molecule has 3 aromatic rings. The van der Waals surface area contributed by atoms with Gasteiger partial charge in [-0.3, -0.25) is 9.63 Å². The summed E-state index contributed by atoms with van der Waals surface area (Å²) in [5, 5.41) is 1.83. The van der Waals surface area contributed by atoms with E-state index in [9.17, 15) is 13.2 Å². The van der Waals surface area contributed by atoms with Crippen molar-refractivity contribution in [2.45, 2.75) is 25.7 Å². The second-order valence-electron chi connectivity index (χ2n) is 6.98. The molecule has 0 spiro atoms. The molecule has 0 aliphatic heterocycles. The highest BCUT2D eigenvalue weighted by atomic mass is 32.2. The topological polar surface area (TPSA) is 68.6 Å². The van der Waals surface area contributed by atoms with Crippen LogP contribution in [-0.2, 0) is 19.7 Å². The number of fused-ring (bicyclic) bond motifs is 1. The quantitative estimate of drug-likeness (QED) is 0.472. The first-order valence-electron chi connectivity index (χ1n) is 9.10. The molecule has 0 radical (unpaired) electrons. The van der Waals surface area contributed by atoms with Gasteiger partial charge in [-0.1, -0.05) is 35.9 Å². The summed E-state index contributed by atoms with van der Waals surface area (Å²) in [7, 11) is -0.917. The Labute approximate surface area is 171 Å². The van der Waals surface area contributed by atoms with Crippen molar-refractivity contribution < 1.29 is 18.0 Å². The molecule has 0 aliphatic carbocycles. The van der Waals surface area contributed by atoms with E-state index < -0.39 is 10.0 Å². The summed E-state index contributed by atoms with van der Waals surface area (Å²) >= 11 is 0. The summed E-state index contributed by atoms with van der Waals surface area (Å²) in [5.74, 6) is -0.350. The van der Waals surface area contributed by atoms with Crippen LogP contribution in [-0.4, -0.2) is 37.5 Å². The van der Waals surface area contributed by atoms with E-state index in [1.807, 2.05) is 31.2 Å². The second-order valence-corrected chi connectivity index (χ2v) is 8.73. The van der Waals surface area contributed by atoms with Gasteiger partial charge in [0, 0.05) is 30.3 Å².